The first kappa shape index (κ1) is 10.4. The van der Waals surface area contributed by atoms with Crippen LogP contribution in [0.25, 0.3) is 0 Å². The van der Waals surface area contributed by atoms with E-state index >= 15 is 0 Å². The SMILES string of the molecule is N#Cc1cc(F)cc(C=O)c1C(=O)Cl. The zero-order valence-corrected chi connectivity index (χ0v) is 7.51. The number of nitriles is 1. The van der Waals surface area contributed by atoms with Crippen LogP contribution in [-0.2, 0) is 0 Å². The molecule has 0 aliphatic carbocycles. The van der Waals surface area contributed by atoms with Gasteiger partial charge >= 0.3 is 0 Å². The van der Waals surface area contributed by atoms with E-state index in [0.717, 1.165) is 12.1 Å². The molecule has 1 aromatic carbocycles. The van der Waals surface area contributed by atoms with E-state index in [9.17, 15) is 14.0 Å². The van der Waals surface area contributed by atoms with Crippen LogP contribution >= 0.6 is 11.6 Å². The summed E-state index contributed by atoms with van der Waals surface area (Å²) in [5.41, 5.74) is -0.723. The van der Waals surface area contributed by atoms with Gasteiger partial charge in [0, 0.05) is 5.56 Å². The third kappa shape index (κ3) is 1.78. The maximum absolute atomic E-state index is 12.8. The van der Waals surface area contributed by atoms with Crippen molar-refractivity contribution >= 4 is 23.1 Å². The molecule has 0 aliphatic heterocycles. The first-order chi connectivity index (χ1) is 6.60. The third-order valence-electron chi connectivity index (χ3n) is 1.58. The number of benzene rings is 1. The van der Waals surface area contributed by atoms with Crippen molar-refractivity contribution < 1.29 is 14.0 Å². The molecule has 70 valence electrons. The number of nitrogens with zero attached hydrogens (tertiary/aromatic N) is 1. The highest BCUT2D eigenvalue weighted by Crippen LogP contribution is 2.17. The van der Waals surface area contributed by atoms with Crippen molar-refractivity contribution in [1.29, 1.82) is 5.26 Å². The lowest BCUT2D eigenvalue weighted by Crippen LogP contribution is -2.01. The molecule has 0 radical (unpaired) electrons. The number of hydrogen-bond donors (Lipinski definition) is 0. The monoisotopic (exact) mass is 211 g/mol. The van der Waals surface area contributed by atoms with Gasteiger partial charge in [-0.1, -0.05) is 0 Å². The highest BCUT2D eigenvalue weighted by Gasteiger charge is 2.15. The molecular formula is C9H3ClFNO2. The van der Waals surface area contributed by atoms with Gasteiger partial charge in [0.2, 0.25) is 0 Å². The summed E-state index contributed by atoms with van der Waals surface area (Å²) in [5, 5.41) is 7.61. The summed E-state index contributed by atoms with van der Waals surface area (Å²) in [5.74, 6) is -0.759. The molecule has 1 rings (SSSR count). The second-order valence-electron chi connectivity index (χ2n) is 2.42. The molecule has 0 amide bonds. The Bertz CT molecular complexity index is 451. The van der Waals surface area contributed by atoms with E-state index < -0.39 is 11.1 Å². The molecule has 0 aliphatic rings. The second kappa shape index (κ2) is 3.99. The molecule has 0 N–H and O–H groups in total. The summed E-state index contributed by atoms with van der Waals surface area (Å²) in [4.78, 5) is 21.3. The van der Waals surface area contributed by atoms with Crippen LogP contribution in [0.3, 0.4) is 0 Å². The van der Waals surface area contributed by atoms with Gasteiger partial charge in [0.05, 0.1) is 11.1 Å². The van der Waals surface area contributed by atoms with Crippen molar-refractivity contribution in [2.24, 2.45) is 0 Å². The van der Waals surface area contributed by atoms with Crippen LogP contribution in [0.5, 0.6) is 0 Å². The van der Waals surface area contributed by atoms with Crippen molar-refractivity contribution in [3.05, 3.63) is 34.6 Å². The lowest BCUT2D eigenvalue weighted by molar-refractivity contribution is 0.106. The first-order valence-electron chi connectivity index (χ1n) is 3.48. The van der Waals surface area contributed by atoms with E-state index in [1.807, 2.05) is 0 Å². The molecule has 0 bridgehead atoms. The van der Waals surface area contributed by atoms with Gasteiger partial charge in [0.15, 0.2) is 6.29 Å². The fourth-order valence-electron chi connectivity index (χ4n) is 1.03. The van der Waals surface area contributed by atoms with Gasteiger partial charge in [-0.25, -0.2) is 4.39 Å². The Hall–Kier alpha value is -1.73. The van der Waals surface area contributed by atoms with E-state index in [1.54, 1.807) is 6.07 Å². The fourth-order valence-corrected chi connectivity index (χ4v) is 1.24. The quantitative estimate of drug-likeness (QED) is 0.554. The largest absolute Gasteiger partial charge is 0.298 e. The number of aldehydes is 1. The smallest absolute Gasteiger partial charge is 0.254 e. The van der Waals surface area contributed by atoms with E-state index in [4.69, 9.17) is 16.9 Å². The molecule has 0 fully saturated rings. The maximum atomic E-state index is 12.8. The number of hydrogen-bond acceptors (Lipinski definition) is 3. The predicted octanol–water partition coefficient (Wildman–Crippen LogP) is 1.89. The predicted molar refractivity (Wildman–Crippen MR) is 46.7 cm³/mol. The second-order valence-corrected chi connectivity index (χ2v) is 2.76. The van der Waals surface area contributed by atoms with Crippen molar-refractivity contribution in [2.75, 3.05) is 0 Å². The van der Waals surface area contributed by atoms with Gasteiger partial charge in [-0.15, -0.1) is 0 Å². The minimum atomic E-state index is -0.955. The molecule has 14 heavy (non-hydrogen) atoms. The zero-order chi connectivity index (χ0) is 10.7. The van der Waals surface area contributed by atoms with Gasteiger partial charge in [-0.3, -0.25) is 9.59 Å². The highest BCUT2D eigenvalue weighted by atomic mass is 35.5. The molecule has 0 saturated carbocycles. The highest BCUT2D eigenvalue weighted by molar-refractivity contribution is 6.68. The molecule has 0 atom stereocenters. The van der Waals surface area contributed by atoms with Gasteiger partial charge in [0.1, 0.15) is 11.9 Å². The van der Waals surface area contributed by atoms with Gasteiger partial charge in [0.25, 0.3) is 5.24 Å². The average molecular weight is 212 g/mol. The number of carbonyl (C=O) groups excluding carboxylic acids is 2. The Morgan fingerprint density at radius 3 is 2.64 bits per heavy atom. The normalized spacial score (nSPS) is 9.21. The lowest BCUT2D eigenvalue weighted by Gasteiger charge is -2.01. The summed E-state index contributed by atoms with van der Waals surface area (Å²) in [6, 6.07) is 3.29. The molecule has 0 heterocycles. The molecule has 0 unspecified atom stereocenters. The molecule has 0 aromatic heterocycles. The fraction of sp³-hybridized carbons (Fsp3) is 0. The van der Waals surface area contributed by atoms with Gasteiger partial charge in [-0.2, -0.15) is 5.26 Å². The summed E-state index contributed by atoms with van der Waals surface area (Å²) in [6.07, 6.45) is 0.277. The molecule has 0 spiro atoms. The minimum Gasteiger partial charge on any atom is -0.298 e. The molecule has 3 nitrogen and oxygen atoms in total. The summed E-state index contributed by atoms with van der Waals surface area (Å²) >= 11 is 5.15. The number of halogens is 2. The van der Waals surface area contributed by atoms with Crippen LogP contribution in [0.4, 0.5) is 4.39 Å². The number of rotatable bonds is 2. The Labute approximate surface area is 83.7 Å². The van der Waals surface area contributed by atoms with Gasteiger partial charge < -0.3 is 0 Å². The van der Waals surface area contributed by atoms with Crippen LogP contribution < -0.4 is 0 Å². The Kier molecular flexibility index (Phi) is 2.95. The van der Waals surface area contributed by atoms with Crippen molar-refractivity contribution in [3.63, 3.8) is 0 Å². The van der Waals surface area contributed by atoms with Crippen LogP contribution in [-0.4, -0.2) is 11.5 Å². The summed E-state index contributed by atoms with van der Waals surface area (Å²) in [6.45, 7) is 0. The molecule has 5 heteroatoms. The van der Waals surface area contributed by atoms with Crippen LogP contribution in [0, 0.1) is 17.1 Å². The summed E-state index contributed by atoms with van der Waals surface area (Å²) < 4.78 is 12.8. The van der Waals surface area contributed by atoms with E-state index in [-0.39, 0.29) is 23.0 Å². The van der Waals surface area contributed by atoms with E-state index in [0.29, 0.717) is 0 Å². The van der Waals surface area contributed by atoms with E-state index in [2.05, 4.69) is 0 Å². The number of carbonyl (C=O) groups is 2. The maximum Gasteiger partial charge on any atom is 0.254 e. The zero-order valence-electron chi connectivity index (χ0n) is 6.75. The van der Waals surface area contributed by atoms with Crippen molar-refractivity contribution in [2.45, 2.75) is 0 Å². The van der Waals surface area contributed by atoms with Gasteiger partial charge in [-0.05, 0) is 23.7 Å². The third-order valence-corrected chi connectivity index (χ3v) is 1.77. The lowest BCUT2D eigenvalue weighted by atomic mass is 10.0. The molecule has 0 saturated heterocycles. The first-order valence-corrected chi connectivity index (χ1v) is 3.86. The Morgan fingerprint density at radius 1 is 1.57 bits per heavy atom. The molecule has 1 aromatic rings. The Balaban J connectivity index is 3.58. The standard InChI is InChI=1S/C9H3ClFNO2/c10-9(14)8-5(3-12)1-7(11)2-6(8)4-13/h1-2,4H. The minimum absolute atomic E-state index is 0.221. The van der Waals surface area contributed by atoms with Crippen molar-refractivity contribution in [1.82, 2.24) is 0 Å². The Morgan fingerprint density at radius 2 is 2.21 bits per heavy atom. The van der Waals surface area contributed by atoms with Crippen LogP contribution in [0.1, 0.15) is 26.3 Å². The topological polar surface area (TPSA) is 57.9 Å². The average Bonchev–Trinajstić information content (AvgIpc) is 2.15. The molecular weight excluding hydrogens is 209 g/mol. The summed E-state index contributed by atoms with van der Waals surface area (Å²) in [7, 11) is 0. The van der Waals surface area contributed by atoms with Crippen LogP contribution in [0.2, 0.25) is 0 Å². The van der Waals surface area contributed by atoms with Crippen LogP contribution in [0.15, 0.2) is 12.1 Å². The van der Waals surface area contributed by atoms with Crippen molar-refractivity contribution in [3.8, 4) is 6.07 Å². The van der Waals surface area contributed by atoms with E-state index in [1.165, 1.54) is 0 Å².